The van der Waals surface area contributed by atoms with E-state index in [9.17, 15) is 0 Å². The molecular weight excluding hydrogens is 228 g/mol. The van der Waals surface area contributed by atoms with Crippen molar-refractivity contribution in [3.8, 4) is 0 Å². The molecule has 17 heavy (non-hydrogen) atoms. The first kappa shape index (κ1) is 13.0. The number of thioether (sulfide) groups is 1. The van der Waals surface area contributed by atoms with Crippen molar-refractivity contribution in [2.75, 3.05) is 0 Å². The van der Waals surface area contributed by atoms with E-state index in [1.165, 1.54) is 43.4 Å². The van der Waals surface area contributed by atoms with Crippen molar-refractivity contribution >= 4 is 11.8 Å². The summed E-state index contributed by atoms with van der Waals surface area (Å²) in [5.74, 6) is 0. The maximum atomic E-state index is 5.69. The minimum atomic E-state index is 0.420. The van der Waals surface area contributed by atoms with Crippen molar-refractivity contribution in [1.82, 2.24) is 0 Å². The summed E-state index contributed by atoms with van der Waals surface area (Å²) in [6.07, 6.45) is 8.56. The summed E-state index contributed by atoms with van der Waals surface area (Å²) < 4.78 is 5.69. The second-order valence-electron chi connectivity index (χ2n) is 4.68. The SMILES string of the molecule is CCCCCCC[C@H]1O[C@@H]1Sc1ccccc1. The van der Waals surface area contributed by atoms with Gasteiger partial charge in [0.05, 0.1) is 6.10 Å². The first-order valence-electron chi connectivity index (χ1n) is 6.77. The molecule has 1 aliphatic heterocycles. The Hall–Kier alpha value is -0.470. The highest BCUT2D eigenvalue weighted by Crippen LogP contribution is 2.40. The van der Waals surface area contributed by atoms with Crippen LogP contribution < -0.4 is 0 Å². The van der Waals surface area contributed by atoms with Crippen LogP contribution in [0.1, 0.15) is 45.4 Å². The van der Waals surface area contributed by atoms with Gasteiger partial charge < -0.3 is 4.74 Å². The molecule has 0 saturated carbocycles. The lowest BCUT2D eigenvalue weighted by Crippen LogP contribution is -1.90. The van der Waals surface area contributed by atoms with Gasteiger partial charge in [-0.15, -0.1) is 0 Å². The molecule has 0 aromatic heterocycles. The minimum Gasteiger partial charge on any atom is -0.358 e. The number of unbranched alkanes of at least 4 members (excludes halogenated alkanes) is 4. The van der Waals surface area contributed by atoms with E-state index >= 15 is 0 Å². The number of rotatable bonds is 8. The molecule has 1 saturated heterocycles. The zero-order valence-corrected chi connectivity index (χ0v) is 11.4. The summed E-state index contributed by atoms with van der Waals surface area (Å²) in [5.41, 5.74) is 0.420. The van der Waals surface area contributed by atoms with Crippen LogP contribution in [0.5, 0.6) is 0 Å². The van der Waals surface area contributed by atoms with Crippen molar-refractivity contribution in [2.45, 2.75) is 61.9 Å². The van der Waals surface area contributed by atoms with E-state index in [-0.39, 0.29) is 0 Å². The lowest BCUT2D eigenvalue weighted by atomic mass is 10.1. The lowest BCUT2D eigenvalue weighted by Gasteiger charge is -1.98. The van der Waals surface area contributed by atoms with Crippen LogP contribution in [0, 0.1) is 0 Å². The average Bonchev–Trinajstić information content (AvgIpc) is 3.09. The Bertz CT molecular complexity index is 312. The van der Waals surface area contributed by atoms with Gasteiger partial charge in [0, 0.05) is 4.90 Å². The molecule has 0 bridgehead atoms. The van der Waals surface area contributed by atoms with Crippen LogP contribution in [0.15, 0.2) is 35.2 Å². The molecule has 0 spiro atoms. The molecule has 0 amide bonds. The largest absolute Gasteiger partial charge is 0.358 e. The van der Waals surface area contributed by atoms with Crippen LogP contribution >= 0.6 is 11.8 Å². The third-order valence-corrected chi connectivity index (χ3v) is 4.31. The van der Waals surface area contributed by atoms with Crippen molar-refractivity contribution < 1.29 is 4.74 Å². The summed E-state index contributed by atoms with van der Waals surface area (Å²) in [4.78, 5) is 1.32. The molecule has 2 atom stereocenters. The number of epoxide rings is 1. The second-order valence-corrected chi connectivity index (χ2v) is 5.85. The first-order valence-corrected chi connectivity index (χ1v) is 7.65. The first-order chi connectivity index (χ1) is 8.40. The van der Waals surface area contributed by atoms with Crippen LogP contribution in [-0.4, -0.2) is 11.5 Å². The Balaban J connectivity index is 1.55. The maximum absolute atomic E-state index is 5.69. The molecular formula is C15H22OS. The van der Waals surface area contributed by atoms with Gasteiger partial charge in [0.2, 0.25) is 0 Å². The molecule has 1 aromatic carbocycles. The standard InChI is InChI=1S/C15H22OS/c1-2-3-4-5-9-12-14-15(16-14)17-13-10-7-6-8-11-13/h6-8,10-11,14-15H,2-5,9,12H2,1H3/t14-,15-/m1/s1. The van der Waals surface area contributed by atoms with Gasteiger partial charge >= 0.3 is 0 Å². The Kier molecular flexibility index (Phi) is 5.40. The molecule has 2 heteroatoms. The predicted octanol–water partition coefficient (Wildman–Crippen LogP) is 4.86. The molecule has 1 aliphatic rings. The third-order valence-electron chi connectivity index (χ3n) is 3.12. The monoisotopic (exact) mass is 250 g/mol. The number of ether oxygens (including phenoxy) is 1. The Morgan fingerprint density at radius 2 is 1.82 bits per heavy atom. The molecule has 1 aromatic rings. The van der Waals surface area contributed by atoms with Crippen molar-refractivity contribution in [3.63, 3.8) is 0 Å². The quantitative estimate of drug-likeness (QED) is 0.482. The topological polar surface area (TPSA) is 12.5 Å². The smallest absolute Gasteiger partial charge is 0.134 e. The van der Waals surface area contributed by atoms with E-state index in [4.69, 9.17) is 4.74 Å². The van der Waals surface area contributed by atoms with Gasteiger partial charge in [-0.25, -0.2) is 0 Å². The molecule has 2 rings (SSSR count). The number of hydrogen-bond donors (Lipinski definition) is 0. The number of hydrogen-bond acceptors (Lipinski definition) is 2. The fourth-order valence-electron chi connectivity index (χ4n) is 2.02. The van der Waals surface area contributed by atoms with Crippen LogP contribution in [0.3, 0.4) is 0 Å². The lowest BCUT2D eigenvalue weighted by molar-refractivity contribution is 0.381. The summed E-state index contributed by atoms with van der Waals surface area (Å²) in [5, 5.41) is 0. The van der Waals surface area contributed by atoms with Gasteiger partial charge in [-0.3, -0.25) is 0 Å². The predicted molar refractivity (Wildman–Crippen MR) is 74.3 cm³/mol. The van der Waals surface area contributed by atoms with Crippen LogP contribution in [0.2, 0.25) is 0 Å². The minimum absolute atomic E-state index is 0.420. The highest BCUT2D eigenvalue weighted by Gasteiger charge is 2.38. The molecule has 94 valence electrons. The maximum Gasteiger partial charge on any atom is 0.134 e. The molecule has 0 unspecified atom stereocenters. The summed E-state index contributed by atoms with van der Waals surface area (Å²) in [6.45, 7) is 2.26. The Morgan fingerprint density at radius 3 is 2.59 bits per heavy atom. The third kappa shape index (κ3) is 4.72. The van der Waals surface area contributed by atoms with Crippen molar-refractivity contribution in [1.29, 1.82) is 0 Å². The van der Waals surface area contributed by atoms with Gasteiger partial charge in [0.15, 0.2) is 0 Å². The molecule has 0 radical (unpaired) electrons. The second kappa shape index (κ2) is 7.07. The normalized spacial score (nSPS) is 22.6. The van der Waals surface area contributed by atoms with E-state index in [1.807, 2.05) is 11.8 Å². The van der Waals surface area contributed by atoms with Gasteiger partial charge in [-0.1, -0.05) is 69.0 Å². The van der Waals surface area contributed by atoms with E-state index in [1.54, 1.807) is 0 Å². The zero-order chi connectivity index (χ0) is 11.9. The van der Waals surface area contributed by atoms with Crippen molar-refractivity contribution in [3.05, 3.63) is 30.3 Å². The number of benzene rings is 1. The summed E-state index contributed by atoms with van der Waals surface area (Å²) >= 11 is 1.86. The van der Waals surface area contributed by atoms with Crippen LogP contribution in [-0.2, 0) is 4.74 Å². The van der Waals surface area contributed by atoms with Gasteiger partial charge in [-0.2, -0.15) is 0 Å². The molecule has 1 heterocycles. The molecule has 1 nitrogen and oxygen atoms in total. The van der Waals surface area contributed by atoms with Gasteiger partial charge in [-0.05, 0) is 18.6 Å². The van der Waals surface area contributed by atoms with E-state index in [2.05, 4.69) is 37.3 Å². The fourth-order valence-corrected chi connectivity index (χ4v) is 3.09. The summed E-state index contributed by atoms with van der Waals surface area (Å²) in [6, 6.07) is 10.5. The van der Waals surface area contributed by atoms with Gasteiger partial charge in [0.1, 0.15) is 5.44 Å². The van der Waals surface area contributed by atoms with Crippen LogP contribution in [0.4, 0.5) is 0 Å². The Morgan fingerprint density at radius 1 is 1.06 bits per heavy atom. The zero-order valence-electron chi connectivity index (χ0n) is 10.6. The summed E-state index contributed by atoms with van der Waals surface area (Å²) in [7, 11) is 0. The van der Waals surface area contributed by atoms with E-state index in [0.717, 1.165) is 0 Å². The van der Waals surface area contributed by atoms with Crippen molar-refractivity contribution in [2.24, 2.45) is 0 Å². The molecule has 1 fully saturated rings. The highest BCUT2D eigenvalue weighted by molar-refractivity contribution is 8.00. The molecule has 0 N–H and O–H groups in total. The Labute approximate surface area is 109 Å². The van der Waals surface area contributed by atoms with E-state index < -0.39 is 0 Å². The molecule has 0 aliphatic carbocycles. The van der Waals surface area contributed by atoms with Gasteiger partial charge in [0.25, 0.3) is 0 Å². The highest BCUT2D eigenvalue weighted by atomic mass is 32.2. The van der Waals surface area contributed by atoms with E-state index in [0.29, 0.717) is 11.5 Å². The fraction of sp³-hybridized carbons (Fsp3) is 0.600. The average molecular weight is 250 g/mol. The van der Waals surface area contributed by atoms with Crippen LogP contribution in [0.25, 0.3) is 0 Å².